The first-order valence-corrected chi connectivity index (χ1v) is 14.5. The van der Waals surface area contributed by atoms with E-state index < -0.39 is 34.3 Å². The van der Waals surface area contributed by atoms with Crippen LogP contribution in [0.4, 0.5) is 10.1 Å². The molecule has 208 valence electrons. The first-order chi connectivity index (χ1) is 18.6. The third-order valence-electron chi connectivity index (χ3n) is 6.41. The van der Waals surface area contributed by atoms with Gasteiger partial charge >= 0.3 is 0 Å². The van der Waals surface area contributed by atoms with Crippen LogP contribution in [-0.2, 0) is 26.2 Å². The molecular formula is C30H36FN3O4S. The summed E-state index contributed by atoms with van der Waals surface area (Å²) in [5, 5.41) is 2.84. The molecule has 39 heavy (non-hydrogen) atoms. The Balaban J connectivity index is 2.03. The van der Waals surface area contributed by atoms with Gasteiger partial charge in [0.25, 0.3) is 10.0 Å². The maximum atomic E-state index is 13.9. The molecule has 0 aliphatic carbocycles. The molecule has 0 aliphatic heterocycles. The fourth-order valence-corrected chi connectivity index (χ4v) is 5.56. The molecule has 0 saturated heterocycles. The van der Waals surface area contributed by atoms with Gasteiger partial charge in [-0.1, -0.05) is 61.4 Å². The number of carbonyl (C=O) groups is 2. The van der Waals surface area contributed by atoms with Crippen molar-refractivity contribution in [3.63, 3.8) is 0 Å². The van der Waals surface area contributed by atoms with Crippen LogP contribution >= 0.6 is 0 Å². The van der Waals surface area contributed by atoms with Crippen LogP contribution in [0.25, 0.3) is 0 Å². The number of hydrogen-bond acceptors (Lipinski definition) is 4. The van der Waals surface area contributed by atoms with Gasteiger partial charge in [-0.3, -0.25) is 13.9 Å². The lowest BCUT2D eigenvalue weighted by Crippen LogP contribution is -2.52. The molecule has 7 nitrogen and oxygen atoms in total. The van der Waals surface area contributed by atoms with E-state index in [1.165, 1.54) is 29.2 Å². The van der Waals surface area contributed by atoms with Gasteiger partial charge in [0.05, 0.1) is 10.6 Å². The highest BCUT2D eigenvalue weighted by molar-refractivity contribution is 7.92. The summed E-state index contributed by atoms with van der Waals surface area (Å²) in [6, 6.07) is 18.1. The minimum atomic E-state index is -4.12. The van der Waals surface area contributed by atoms with Crippen molar-refractivity contribution in [3.8, 4) is 0 Å². The zero-order valence-electron chi connectivity index (χ0n) is 22.9. The summed E-state index contributed by atoms with van der Waals surface area (Å²) in [7, 11) is -4.12. The van der Waals surface area contributed by atoms with Gasteiger partial charge < -0.3 is 10.2 Å². The van der Waals surface area contributed by atoms with E-state index >= 15 is 0 Å². The van der Waals surface area contributed by atoms with Gasteiger partial charge in [0.15, 0.2) is 0 Å². The third-order valence-corrected chi connectivity index (χ3v) is 8.20. The summed E-state index contributed by atoms with van der Waals surface area (Å²) in [5.74, 6) is -1.29. The lowest BCUT2D eigenvalue weighted by molar-refractivity contribution is -0.140. The molecule has 0 bridgehead atoms. The maximum absolute atomic E-state index is 13.9. The smallest absolute Gasteiger partial charge is 0.264 e. The number of nitrogens with zero attached hydrogens (tertiary/aromatic N) is 2. The summed E-state index contributed by atoms with van der Waals surface area (Å²) < 4.78 is 42.3. The quantitative estimate of drug-likeness (QED) is 0.343. The number of anilines is 1. The zero-order chi connectivity index (χ0) is 28.6. The van der Waals surface area contributed by atoms with E-state index in [0.29, 0.717) is 24.2 Å². The number of sulfonamides is 1. The first-order valence-electron chi connectivity index (χ1n) is 13.0. The summed E-state index contributed by atoms with van der Waals surface area (Å²) in [5.41, 5.74) is 2.80. The van der Waals surface area contributed by atoms with Crippen LogP contribution in [0.2, 0.25) is 0 Å². The van der Waals surface area contributed by atoms with Crippen LogP contribution in [0, 0.1) is 19.7 Å². The molecule has 0 aromatic heterocycles. The van der Waals surface area contributed by atoms with E-state index in [1.54, 1.807) is 55.5 Å². The van der Waals surface area contributed by atoms with Crippen LogP contribution in [0.1, 0.15) is 43.4 Å². The van der Waals surface area contributed by atoms with Gasteiger partial charge in [-0.2, -0.15) is 0 Å². The summed E-state index contributed by atoms with van der Waals surface area (Å²) in [6.45, 7) is 7.42. The topological polar surface area (TPSA) is 86.8 Å². The third kappa shape index (κ3) is 7.66. The second-order valence-corrected chi connectivity index (χ2v) is 11.4. The maximum Gasteiger partial charge on any atom is 0.264 e. The average molecular weight is 554 g/mol. The first kappa shape index (κ1) is 29.8. The Hall–Kier alpha value is -3.72. The van der Waals surface area contributed by atoms with E-state index in [1.807, 2.05) is 20.8 Å². The lowest BCUT2D eigenvalue weighted by Gasteiger charge is -2.33. The Kier molecular flexibility index (Phi) is 10.2. The fourth-order valence-electron chi connectivity index (χ4n) is 4.15. The minimum Gasteiger partial charge on any atom is -0.354 e. The minimum absolute atomic E-state index is 0.0173. The van der Waals surface area contributed by atoms with Crippen LogP contribution in [0.3, 0.4) is 0 Å². The van der Waals surface area contributed by atoms with E-state index in [0.717, 1.165) is 21.9 Å². The Morgan fingerprint density at radius 3 is 1.97 bits per heavy atom. The van der Waals surface area contributed by atoms with Crippen molar-refractivity contribution < 1.29 is 22.4 Å². The molecule has 0 radical (unpaired) electrons. The van der Waals surface area contributed by atoms with Crippen LogP contribution in [0.5, 0.6) is 0 Å². The molecule has 0 heterocycles. The van der Waals surface area contributed by atoms with Gasteiger partial charge in [-0.25, -0.2) is 12.8 Å². The highest BCUT2D eigenvalue weighted by atomic mass is 32.2. The van der Waals surface area contributed by atoms with E-state index in [2.05, 4.69) is 5.32 Å². The second-order valence-electron chi connectivity index (χ2n) is 9.52. The summed E-state index contributed by atoms with van der Waals surface area (Å²) in [6.07, 6.45) is 1.04. The van der Waals surface area contributed by atoms with Gasteiger partial charge in [-0.15, -0.1) is 0 Å². The van der Waals surface area contributed by atoms with Crippen molar-refractivity contribution in [2.75, 3.05) is 17.4 Å². The average Bonchev–Trinajstić information content (AvgIpc) is 2.92. The number of carbonyl (C=O) groups excluding carboxylic acids is 2. The van der Waals surface area contributed by atoms with E-state index in [9.17, 15) is 22.4 Å². The van der Waals surface area contributed by atoms with Crippen molar-refractivity contribution in [2.45, 2.75) is 58.0 Å². The summed E-state index contributed by atoms with van der Waals surface area (Å²) in [4.78, 5) is 28.4. The molecule has 1 N–H and O–H groups in total. The highest BCUT2D eigenvalue weighted by Crippen LogP contribution is 2.25. The Labute approximate surface area is 230 Å². The molecule has 2 amide bonds. The monoisotopic (exact) mass is 553 g/mol. The van der Waals surface area contributed by atoms with Crippen molar-refractivity contribution >= 4 is 27.5 Å². The summed E-state index contributed by atoms with van der Waals surface area (Å²) >= 11 is 0. The molecule has 3 aromatic rings. The van der Waals surface area contributed by atoms with Crippen LogP contribution < -0.4 is 9.62 Å². The zero-order valence-corrected chi connectivity index (χ0v) is 23.7. The van der Waals surface area contributed by atoms with Gasteiger partial charge in [0, 0.05) is 13.1 Å². The van der Waals surface area contributed by atoms with Gasteiger partial charge in [-0.05, 0) is 68.7 Å². The predicted octanol–water partition coefficient (Wildman–Crippen LogP) is 4.97. The molecule has 0 saturated carbocycles. The molecule has 1 atom stereocenters. The molecule has 0 unspecified atom stereocenters. The molecule has 0 fully saturated rings. The second kappa shape index (κ2) is 13.4. The normalized spacial score (nSPS) is 12.0. The standard InChI is InChI=1S/C30H36FN3O4S/c1-5-19-32-30(36)28(6-2)33(20-24-11-13-25(31)14-12-24)29(35)21-34(26-15-7-22(3)8-16-26)39(37,38)27-17-9-23(4)10-18-27/h7-18,28H,5-6,19-21H2,1-4H3,(H,32,36)/t28-/m0/s1. The highest BCUT2D eigenvalue weighted by Gasteiger charge is 2.33. The lowest BCUT2D eigenvalue weighted by atomic mass is 10.1. The number of benzene rings is 3. The van der Waals surface area contributed by atoms with Crippen LogP contribution in [0.15, 0.2) is 77.7 Å². The van der Waals surface area contributed by atoms with Crippen molar-refractivity contribution in [2.24, 2.45) is 0 Å². The number of aryl methyl sites for hydroxylation is 2. The predicted molar refractivity (Wildman–Crippen MR) is 151 cm³/mol. The molecule has 3 rings (SSSR count). The molecule has 9 heteroatoms. The van der Waals surface area contributed by atoms with Gasteiger partial charge in [0.2, 0.25) is 11.8 Å². The number of halogens is 1. The van der Waals surface area contributed by atoms with Crippen molar-refractivity contribution in [1.82, 2.24) is 10.2 Å². The van der Waals surface area contributed by atoms with Crippen molar-refractivity contribution in [3.05, 3.63) is 95.3 Å². The fraction of sp³-hybridized carbons (Fsp3) is 0.333. The SMILES string of the molecule is CCCNC(=O)[C@H](CC)N(Cc1ccc(F)cc1)C(=O)CN(c1ccc(C)cc1)S(=O)(=O)c1ccc(C)cc1. The van der Waals surface area contributed by atoms with E-state index in [-0.39, 0.29) is 17.3 Å². The molecule has 0 aliphatic rings. The van der Waals surface area contributed by atoms with E-state index in [4.69, 9.17) is 0 Å². The number of nitrogens with one attached hydrogen (secondary N) is 1. The van der Waals surface area contributed by atoms with Crippen LogP contribution in [-0.4, -0.2) is 44.3 Å². The molecule has 0 spiro atoms. The largest absolute Gasteiger partial charge is 0.354 e. The molecule has 3 aromatic carbocycles. The Morgan fingerprint density at radius 1 is 0.872 bits per heavy atom. The Bertz CT molecular complexity index is 1360. The number of amides is 2. The molecular weight excluding hydrogens is 517 g/mol. The Morgan fingerprint density at radius 2 is 1.44 bits per heavy atom. The number of hydrogen-bond donors (Lipinski definition) is 1. The van der Waals surface area contributed by atoms with Gasteiger partial charge in [0.1, 0.15) is 18.4 Å². The number of rotatable bonds is 12. The van der Waals surface area contributed by atoms with Crippen molar-refractivity contribution in [1.29, 1.82) is 0 Å².